The first-order valence-electron chi connectivity index (χ1n) is 10.8. The van der Waals surface area contributed by atoms with Crippen molar-refractivity contribution < 1.29 is 17.9 Å². The molecule has 0 saturated carbocycles. The van der Waals surface area contributed by atoms with Crippen LogP contribution in [-0.4, -0.2) is 20.4 Å². The van der Waals surface area contributed by atoms with E-state index >= 15 is 0 Å². The average Bonchev–Trinajstić information content (AvgIpc) is 2.77. The van der Waals surface area contributed by atoms with Crippen molar-refractivity contribution in [2.45, 2.75) is 52.0 Å². The fourth-order valence-electron chi connectivity index (χ4n) is 3.26. The second-order valence-electron chi connectivity index (χ2n) is 8.20. The minimum Gasteiger partial charge on any atom is -0.481 e. The zero-order valence-corrected chi connectivity index (χ0v) is 20.4. The van der Waals surface area contributed by atoms with Crippen LogP contribution in [-0.2, 0) is 14.8 Å². The van der Waals surface area contributed by atoms with Crippen molar-refractivity contribution in [2.24, 2.45) is 0 Å². The lowest BCUT2D eigenvalue weighted by Gasteiger charge is -2.18. The molecule has 7 heteroatoms. The lowest BCUT2D eigenvalue weighted by molar-refractivity contribution is -0.122. The summed E-state index contributed by atoms with van der Waals surface area (Å²) in [5.74, 6) is 0.346. The van der Waals surface area contributed by atoms with Gasteiger partial charge in [0.25, 0.3) is 15.9 Å². The zero-order valence-electron chi connectivity index (χ0n) is 19.6. The number of hydrogen-bond donors (Lipinski definition) is 2. The molecule has 3 aromatic rings. The van der Waals surface area contributed by atoms with Gasteiger partial charge >= 0.3 is 0 Å². The Labute approximate surface area is 196 Å². The highest BCUT2D eigenvalue weighted by atomic mass is 32.2. The molecule has 0 bridgehead atoms. The van der Waals surface area contributed by atoms with Gasteiger partial charge in [-0.25, -0.2) is 8.42 Å². The molecule has 1 amide bonds. The van der Waals surface area contributed by atoms with Crippen LogP contribution >= 0.6 is 0 Å². The summed E-state index contributed by atoms with van der Waals surface area (Å²) in [5, 5.41) is 2.80. The maximum absolute atomic E-state index is 12.8. The van der Waals surface area contributed by atoms with Gasteiger partial charge in [0.2, 0.25) is 0 Å². The normalized spacial score (nSPS) is 12.2. The van der Waals surface area contributed by atoms with Crippen LogP contribution in [0.3, 0.4) is 0 Å². The van der Waals surface area contributed by atoms with Crippen LogP contribution in [0.2, 0.25) is 0 Å². The molecule has 0 radical (unpaired) electrons. The third-order valence-electron chi connectivity index (χ3n) is 5.49. The summed E-state index contributed by atoms with van der Waals surface area (Å²) in [6, 6.07) is 17.4. The molecule has 0 spiro atoms. The van der Waals surface area contributed by atoms with Crippen molar-refractivity contribution in [3.63, 3.8) is 0 Å². The van der Waals surface area contributed by atoms with Gasteiger partial charge in [0.15, 0.2) is 6.10 Å². The first-order valence-corrected chi connectivity index (χ1v) is 12.3. The average molecular weight is 467 g/mol. The molecule has 0 aliphatic rings. The van der Waals surface area contributed by atoms with Gasteiger partial charge in [-0.3, -0.25) is 9.52 Å². The van der Waals surface area contributed by atoms with Crippen LogP contribution in [0.4, 0.5) is 11.4 Å². The Morgan fingerprint density at radius 2 is 1.55 bits per heavy atom. The Hall–Kier alpha value is -3.32. The third kappa shape index (κ3) is 6.14. The molecule has 33 heavy (non-hydrogen) atoms. The molecule has 174 valence electrons. The Bertz CT molecular complexity index is 1250. The molecule has 3 rings (SSSR count). The van der Waals surface area contributed by atoms with Crippen molar-refractivity contribution in [3.8, 4) is 5.75 Å². The van der Waals surface area contributed by atoms with Gasteiger partial charge in [0.05, 0.1) is 10.6 Å². The summed E-state index contributed by atoms with van der Waals surface area (Å²) in [5.41, 5.74) is 5.08. The highest BCUT2D eigenvalue weighted by Crippen LogP contribution is 2.23. The number of anilines is 2. The van der Waals surface area contributed by atoms with Crippen molar-refractivity contribution >= 4 is 27.3 Å². The molecule has 1 atom stereocenters. The van der Waals surface area contributed by atoms with Crippen LogP contribution in [0, 0.1) is 27.7 Å². The first-order chi connectivity index (χ1) is 15.6. The SMILES string of the molecule is CC[C@H](Oc1ccc(C)c(C)c1)C(=O)Nc1ccc(S(=O)(=O)Nc2cc(C)ccc2C)cc1. The number of amides is 1. The largest absolute Gasteiger partial charge is 0.481 e. The maximum atomic E-state index is 12.8. The van der Waals surface area contributed by atoms with Gasteiger partial charge in [-0.15, -0.1) is 0 Å². The minimum absolute atomic E-state index is 0.111. The van der Waals surface area contributed by atoms with Crippen LogP contribution in [0.15, 0.2) is 65.6 Å². The summed E-state index contributed by atoms with van der Waals surface area (Å²) in [6.45, 7) is 9.64. The molecule has 2 N–H and O–H groups in total. The molecule has 0 unspecified atom stereocenters. The van der Waals surface area contributed by atoms with Gasteiger partial charge in [0.1, 0.15) is 5.75 Å². The molecule has 0 aliphatic carbocycles. The standard InChI is InChI=1S/C26H30N2O4S/c1-6-25(32-22-12-9-18(3)20(5)16-22)26(29)27-21-10-13-23(14-11-21)33(30,31)28-24-15-17(2)7-8-19(24)4/h7-16,25,28H,6H2,1-5H3,(H,27,29)/t25-/m0/s1. The monoisotopic (exact) mass is 466 g/mol. The molecule has 0 saturated heterocycles. The van der Waals surface area contributed by atoms with E-state index in [9.17, 15) is 13.2 Å². The van der Waals surface area contributed by atoms with Gasteiger partial charge in [-0.1, -0.05) is 25.1 Å². The van der Waals surface area contributed by atoms with E-state index < -0.39 is 16.1 Å². The van der Waals surface area contributed by atoms with Gasteiger partial charge in [0, 0.05) is 5.69 Å². The van der Waals surface area contributed by atoms with Crippen molar-refractivity contribution in [2.75, 3.05) is 10.0 Å². The van der Waals surface area contributed by atoms with Crippen LogP contribution in [0.5, 0.6) is 5.75 Å². The van der Waals surface area contributed by atoms with E-state index in [0.717, 1.165) is 22.3 Å². The van der Waals surface area contributed by atoms with E-state index in [-0.39, 0.29) is 10.8 Å². The van der Waals surface area contributed by atoms with Crippen molar-refractivity contribution in [3.05, 3.63) is 82.9 Å². The van der Waals surface area contributed by atoms with E-state index in [4.69, 9.17) is 4.74 Å². The number of nitrogens with one attached hydrogen (secondary N) is 2. The molecule has 0 aliphatic heterocycles. The quantitative estimate of drug-likeness (QED) is 0.458. The number of carbonyl (C=O) groups is 1. The predicted octanol–water partition coefficient (Wildman–Crippen LogP) is 5.52. The number of benzene rings is 3. The Kier molecular flexibility index (Phi) is 7.43. The lowest BCUT2D eigenvalue weighted by Crippen LogP contribution is -2.32. The zero-order chi connectivity index (χ0) is 24.2. The fourth-order valence-corrected chi connectivity index (χ4v) is 4.39. The smallest absolute Gasteiger partial charge is 0.265 e. The summed E-state index contributed by atoms with van der Waals surface area (Å²) < 4.78 is 34.1. The summed E-state index contributed by atoms with van der Waals surface area (Å²) in [4.78, 5) is 12.8. The van der Waals surface area contributed by atoms with Crippen LogP contribution < -0.4 is 14.8 Å². The van der Waals surface area contributed by atoms with E-state index in [1.807, 2.05) is 65.0 Å². The molecule has 0 heterocycles. The van der Waals surface area contributed by atoms with E-state index in [1.54, 1.807) is 18.2 Å². The number of aryl methyl sites for hydroxylation is 4. The topological polar surface area (TPSA) is 84.5 Å². The molecule has 0 aromatic heterocycles. The van der Waals surface area contributed by atoms with Crippen molar-refractivity contribution in [1.29, 1.82) is 0 Å². The molecular formula is C26H30N2O4S. The van der Waals surface area contributed by atoms with Gasteiger partial charge in [-0.2, -0.15) is 0 Å². The number of carbonyl (C=O) groups excluding carboxylic acids is 1. The fraction of sp³-hybridized carbons (Fsp3) is 0.269. The number of ether oxygens (including phenoxy) is 1. The highest BCUT2D eigenvalue weighted by molar-refractivity contribution is 7.92. The van der Waals surface area contributed by atoms with Crippen molar-refractivity contribution in [1.82, 2.24) is 0 Å². The molecular weight excluding hydrogens is 436 g/mol. The third-order valence-corrected chi connectivity index (χ3v) is 6.87. The highest BCUT2D eigenvalue weighted by Gasteiger charge is 2.20. The molecule has 3 aromatic carbocycles. The van der Waals surface area contributed by atoms with Gasteiger partial charge in [-0.05, 0) is 98.8 Å². The molecule has 6 nitrogen and oxygen atoms in total. The predicted molar refractivity (Wildman–Crippen MR) is 132 cm³/mol. The minimum atomic E-state index is -3.75. The van der Waals surface area contributed by atoms with E-state index in [2.05, 4.69) is 10.0 Å². The summed E-state index contributed by atoms with van der Waals surface area (Å²) in [6.07, 6.45) is -0.174. The Morgan fingerprint density at radius 3 is 2.18 bits per heavy atom. The van der Waals surface area contributed by atoms with Gasteiger partial charge < -0.3 is 10.1 Å². The maximum Gasteiger partial charge on any atom is 0.265 e. The second kappa shape index (κ2) is 10.1. The number of rotatable bonds is 8. The van der Waals surface area contributed by atoms with E-state index in [0.29, 0.717) is 23.5 Å². The summed E-state index contributed by atoms with van der Waals surface area (Å²) in [7, 11) is -3.75. The second-order valence-corrected chi connectivity index (χ2v) is 9.88. The van der Waals surface area contributed by atoms with Crippen LogP contribution in [0.25, 0.3) is 0 Å². The number of hydrogen-bond acceptors (Lipinski definition) is 4. The number of sulfonamides is 1. The summed E-state index contributed by atoms with van der Waals surface area (Å²) >= 11 is 0. The lowest BCUT2D eigenvalue weighted by atomic mass is 10.1. The Balaban J connectivity index is 1.69. The first kappa shape index (κ1) is 24.3. The van der Waals surface area contributed by atoms with Crippen LogP contribution in [0.1, 0.15) is 35.6 Å². The van der Waals surface area contributed by atoms with E-state index in [1.165, 1.54) is 12.1 Å². The Morgan fingerprint density at radius 1 is 0.879 bits per heavy atom. The molecule has 0 fully saturated rings.